The minimum atomic E-state index is -0.852. The summed E-state index contributed by atoms with van der Waals surface area (Å²) in [4.78, 5) is 4.68. The van der Waals surface area contributed by atoms with E-state index in [4.69, 9.17) is 11.6 Å². The Morgan fingerprint density at radius 1 is 1.21 bits per heavy atom. The van der Waals surface area contributed by atoms with Gasteiger partial charge in [0, 0.05) is 40.3 Å². The molecule has 1 unspecified atom stereocenters. The van der Waals surface area contributed by atoms with Crippen LogP contribution in [0.1, 0.15) is 38.8 Å². The van der Waals surface area contributed by atoms with Crippen molar-refractivity contribution in [2.45, 2.75) is 45.3 Å². The van der Waals surface area contributed by atoms with Crippen molar-refractivity contribution in [2.75, 3.05) is 0 Å². The standard InChI is InChI=1S/C26H25ClN6O/c1-26(2,34)16-32-15-20(13-30-32)21-8-7-19(11-23(21)27)22-14-31-33-10-9-29-24(25(22)33)18-5-3-17(12-28)4-6-18/h5,7-11,13-15,17,34H,3-4,6,16H2,1-2H3. The highest BCUT2D eigenvalue weighted by Gasteiger charge is 2.21. The zero-order valence-electron chi connectivity index (χ0n) is 19.1. The van der Waals surface area contributed by atoms with E-state index in [0.29, 0.717) is 11.6 Å². The molecule has 4 aromatic rings. The van der Waals surface area contributed by atoms with Crippen LogP contribution < -0.4 is 0 Å². The lowest BCUT2D eigenvalue weighted by Gasteiger charge is -2.17. The molecule has 3 aromatic heterocycles. The van der Waals surface area contributed by atoms with Crippen LogP contribution in [-0.2, 0) is 6.54 Å². The van der Waals surface area contributed by atoms with E-state index < -0.39 is 5.60 Å². The molecule has 0 saturated heterocycles. The Morgan fingerprint density at radius 3 is 2.76 bits per heavy atom. The molecule has 1 aliphatic rings. The van der Waals surface area contributed by atoms with E-state index in [0.717, 1.165) is 58.3 Å². The molecule has 1 aromatic carbocycles. The van der Waals surface area contributed by atoms with Crippen molar-refractivity contribution in [3.63, 3.8) is 0 Å². The zero-order valence-corrected chi connectivity index (χ0v) is 19.9. The van der Waals surface area contributed by atoms with Crippen molar-refractivity contribution in [2.24, 2.45) is 5.92 Å². The molecular weight excluding hydrogens is 448 g/mol. The third kappa shape index (κ3) is 4.35. The molecule has 0 amide bonds. The Bertz CT molecular complexity index is 1440. The van der Waals surface area contributed by atoms with E-state index >= 15 is 0 Å². The molecule has 5 rings (SSSR count). The van der Waals surface area contributed by atoms with E-state index in [1.165, 1.54) is 0 Å². The average molecular weight is 473 g/mol. The first kappa shape index (κ1) is 22.3. The van der Waals surface area contributed by atoms with Crippen LogP contribution in [0.4, 0.5) is 0 Å². The number of aromatic nitrogens is 5. The van der Waals surface area contributed by atoms with Crippen LogP contribution >= 0.6 is 11.6 Å². The monoisotopic (exact) mass is 472 g/mol. The van der Waals surface area contributed by atoms with Crippen LogP contribution in [-0.4, -0.2) is 35.1 Å². The van der Waals surface area contributed by atoms with Crippen molar-refractivity contribution < 1.29 is 5.11 Å². The number of halogens is 1. The van der Waals surface area contributed by atoms with Gasteiger partial charge in [0.1, 0.15) is 0 Å². The summed E-state index contributed by atoms with van der Waals surface area (Å²) in [6.45, 7) is 3.90. The Balaban J connectivity index is 1.51. The molecule has 0 radical (unpaired) electrons. The molecule has 3 heterocycles. The number of hydrogen-bond acceptors (Lipinski definition) is 5. The second kappa shape index (κ2) is 8.71. The predicted octanol–water partition coefficient (Wildman–Crippen LogP) is 5.39. The molecule has 0 spiro atoms. The van der Waals surface area contributed by atoms with Crippen LogP contribution in [0, 0.1) is 17.2 Å². The average Bonchev–Trinajstić information content (AvgIpc) is 3.45. The van der Waals surface area contributed by atoms with E-state index in [-0.39, 0.29) is 5.92 Å². The first-order valence-corrected chi connectivity index (χ1v) is 11.7. The minimum Gasteiger partial charge on any atom is -0.389 e. The van der Waals surface area contributed by atoms with Gasteiger partial charge in [-0.05, 0) is 50.3 Å². The fourth-order valence-corrected chi connectivity index (χ4v) is 4.75. The molecule has 1 atom stereocenters. The van der Waals surface area contributed by atoms with Gasteiger partial charge in [-0.25, -0.2) is 4.52 Å². The Kier molecular flexibility index (Phi) is 5.72. The van der Waals surface area contributed by atoms with E-state index in [2.05, 4.69) is 27.3 Å². The van der Waals surface area contributed by atoms with Crippen LogP contribution in [0.15, 0.2) is 55.3 Å². The van der Waals surface area contributed by atoms with Crippen molar-refractivity contribution in [1.29, 1.82) is 5.26 Å². The maximum atomic E-state index is 10.1. The highest BCUT2D eigenvalue weighted by molar-refractivity contribution is 6.33. The number of nitrogens with zero attached hydrogens (tertiary/aromatic N) is 6. The molecule has 8 heteroatoms. The number of fused-ring (bicyclic) bond motifs is 1. The largest absolute Gasteiger partial charge is 0.389 e. The number of hydrogen-bond donors (Lipinski definition) is 1. The fourth-order valence-electron chi connectivity index (χ4n) is 4.46. The molecule has 7 nitrogen and oxygen atoms in total. The topological polar surface area (TPSA) is 92.0 Å². The minimum absolute atomic E-state index is 0.0759. The number of nitriles is 1. The second-order valence-electron chi connectivity index (χ2n) is 9.39. The van der Waals surface area contributed by atoms with Crippen LogP contribution in [0.3, 0.4) is 0 Å². The third-order valence-corrected chi connectivity index (χ3v) is 6.41. The predicted molar refractivity (Wildman–Crippen MR) is 132 cm³/mol. The number of allylic oxidation sites excluding steroid dienone is 2. The van der Waals surface area contributed by atoms with Crippen molar-refractivity contribution in [1.82, 2.24) is 24.4 Å². The molecule has 0 bridgehead atoms. The summed E-state index contributed by atoms with van der Waals surface area (Å²) in [5.41, 5.74) is 5.81. The second-order valence-corrected chi connectivity index (χ2v) is 9.80. The van der Waals surface area contributed by atoms with Crippen LogP contribution in [0.5, 0.6) is 0 Å². The van der Waals surface area contributed by atoms with Gasteiger partial charge in [-0.3, -0.25) is 9.67 Å². The SMILES string of the molecule is CC(C)(O)Cn1cc(-c2ccc(-c3cnn4ccnc(C5=CCC(C#N)CC5)c34)cc2Cl)cn1. The van der Waals surface area contributed by atoms with Crippen LogP contribution in [0.2, 0.25) is 5.02 Å². The quantitative estimate of drug-likeness (QED) is 0.420. The lowest BCUT2D eigenvalue weighted by Crippen LogP contribution is -2.26. The Morgan fingerprint density at radius 2 is 2.06 bits per heavy atom. The molecule has 172 valence electrons. The van der Waals surface area contributed by atoms with Gasteiger partial charge in [-0.15, -0.1) is 0 Å². The first-order chi connectivity index (χ1) is 16.3. The highest BCUT2D eigenvalue weighted by Crippen LogP contribution is 2.37. The smallest absolute Gasteiger partial charge is 0.0999 e. The van der Waals surface area contributed by atoms with Crippen molar-refractivity contribution >= 4 is 22.7 Å². The number of aliphatic hydroxyl groups is 1. The summed E-state index contributed by atoms with van der Waals surface area (Å²) in [7, 11) is 0. The molecule has 34 heavy (non-hydrogen) atoms. The van der Waals surface area contributed by atoms with Gasteiger partial charge in [0.05, 0.1) is 47.7 Å². The van der Waals surface area contributed by atoms with E-state index in [9.17, 15) is 10.4 Å². The normalized spacial score (nSPS) is 16.4. The molecule has 0 saturated carbocycles. The molecule has 1 N–H and O–H groups in total. The fraction of sp³-hybridized carbons (Fsp3) is 0.308. The zero-order chi connectivity index (χ0) is 23.9. The Hall–Kier alpha value is -3.47. The molecule has 0 aliphatic heterocycles. The van der Waals surface area contributed by atoms with Gasteiger partial charge in [0.15, 0.2) is 0 Å². The van der Waals surface area contributed by atoms with E-state index in [1.807, 2.05) is 41.3 Å². The third-order valence-electron chi connectivity index (χ3n) is 6.10. The summed E-state index contributed by atoms with van der Waals surface area (Å²) in [5, 5.41) is 28.8. The van der Waals surface area contributed by atoms with Gasteiger partial charge in [0.2, 0.25) is 0 Å². The van der Waals surface area contributed by atoms with Gasteiger partial charge in [-0.2, -0.15) is 15.5 Å². The molecule has 0 fully saturated rings. The lowest BCUT2D eigenvalue weighted by molar-refractivity contribution is 0.0577. The maximum absolute atomic E-state index is 10.1. The molecular formula is C26H25ClN6O. The number of benzene rings is 1. The van der Waals surface area contributed by atoms with Gasteiger partial charge >= 0.3 is 0 Å². The van der Waals surface area contributed by atoms with Gasteiger partial charge < -0.3 is 5.11 Å². The first-order valence-electron chi connectivity index (χ1n) is 11.3. The highest BCUT2D eigenvalue weighted by atomic mass is 35.5. The summed E-state index contributed by atoms with van der Waals surface area (Å²) < 4.78 is 3.56. The molecule has 1 aliphatic carbocycles. The number of rotatable bonds is 5. The van der Waals surface area contributed by atoms with Gasteiger partial charge in [0.25, 0.3) is 0 Å². The van der Waals surface area contributed by atoms with Crippen LogP contribution in [0.25, 0.3) is 33.3 Å². The van der Waals surface area contributed by atoms with E-state index in [1.54, 1.807) is 30.9 Å². The lowest BCUT2D eigenvalue weighted by atomic mass is 9.88. The summed E-state index contributed by atoms with van der Waals surface area (Å²) >= 11 is 6.72. The van der Waals surface area contributed by atoms with Gasteiger partial charge in [-0.1, -0.05) is 29.8 Å². The maximum Gasteiger partial charge on any atom is 0.0999 e. The summed E-state index contributed by atoms with van der Waals surface area (Å²) in [6, 6.07) is 8.33. The summed E-state index contributed by atoms with van der Waals surface area (Å²) in [5.74, 6) is 0.0759. The van der Waals surface area contributed by atoms with Crippen molar-refractivity contribution in [3.8, 4) is 28.3 Å². The summed E-state index contributed by atoms with van der Waals surface area (Å²) in [6.07, 6.45) is 13.6. The van der Waals surface area contributed by atoms with Crippen molar-refractivity contribution in [3.05, 3.63) is 66.0 Å². The Labute approximate surface area is 202 Å².